The summed E-state index contributed by atoms with van der Waals surface area (Å²) in [5.41, 5.74) is 11.5. The zero-order valence-corrected chi connectivity index (χ0v) is 7.68. The van der Waals surface area contributed by atoms with Gasteiger partial charge < -0.3 is 11.5 Å². The normalized spacial score (nSPS) is 12.5. The molecule has 0 radical (unpaired) electrons. The topological polar surface area (TPSA) is 52.0 Å². The Balaban J connectivity index is 3.22. The van der Waals surface area contributed by atoms with Gasteiger partial charge in [-0.1, -0.05) is 17.7 Å². The van der Waals surface area contributed by atoms with Crippen molar-refractivity contribution in [3.8, 4) is 0 Å². The first-order valence-corrected chi connectivity index (χ1v) is 4.06. The fourth-order valence-electron chi connectivity index (χ4n) is 0.960. The van der Waals surface area contributed by atoms with Crippen molar-refractivity contribution >= 4 is 17.3 Å². The quantitative estimate of drug-likeness (QED) is 0.568. The van der Waals surface area contributed by atoms with Crippen LogP contribution in [0.3, 0.4) is 0 Å². The van der Waals surface area contributed by atoms with Gasteiger partial charge in [-0.05, 0) is 12.1 Å². The lowest BCUT2D eigenvalue weighted by molar-refractivity contribution is 0.603. The summed E-state index contributed by atoms with van der Waals surface area (Å²) in [5.74, 6) is -0.464. The highest BCUT2D eigenvalue weighted by molar-refractivity contribution is 6.33. The van der Waals surface area contributed by atoms with Crippen molar-refractivity contribution in [2.75, 3.05) is 5.73 Å². The Labute approximate surface area is 81.0 Å². The summed E-state index contributed by atoms with van der Waals surface area (Å²) in [4.78, 5) is 0. The Hall–Kier alpha value is -1.06. The predicted octanol–water partition coefficient (Wildman–Crippen LogP) is 2.25. The van der Waals surface area contributed by atoms with Gasteiger partial charge >= 0.3 is 0 Å². The van der Waals surface area contributed by atoms with Gasteiger partial charge in [-0.2, -0.15) is 0 Å². The average molecular weight is 201 g/mol. The van der Waals surface area contributed by atoms with Crippen LogP contribution in [0.15, 0.2) is 24.8 Å². The number of nitrogen functional groups attached to an aromatic ring is 1. The molecule has 1 aromatic rings. The lowest BCUT2D eigenvalue weighted by Gasteiger charge is -2.09. The van der Waals surface area contributed by atoms with E-state index in [2.05, 4.69) is 6.58 Å². The second kappa shape index (κ2) is 3.77. The second-order valence-electron chi connectivity index (χ2n) is 2.66. The molecule has 0 saturated heterocycles. The summed E-state index contributed by atoms with van der Waals surface area (Å²) >= 11 is 5.71. The van der Waals surface area contributed by atoms with Gasteiger partial charge in [0.2, 0.25) is 0 Å². The number of nitrogens with two attached hydrogens (primary N) is 2. The van der Waals surface area contributed by atoms with E-state index in [9.17, 15) is 4.39 Å². The molecule has 0 spiro atoms. The van der Waals surface area contributed by atoms with E-state index in [0.717, 1.165) is 6.07 Å². The summed E-state index contributed by atoms with van der Waals surface area (Å²) < 4.78 is 13.2. The highest BCUT2D eigenvalue weighted by atomic mass is 35.5. The SMILES string of the molecule is C=C[C@H](N)c1cc(Cl)c(N)cc1F. The van der Waals surface area contributed by atoms with Gasteiger partial charge in [0.05, 0.1) is 16.8 Å². The Kier molecular flexibility index (Phi) is 2.90. The van der Waals surface area contributed by atoms with Crippen LogP contribution in [0.4, 0.5) is 10.1 Å². The summed E-state index contributed by atoms with van der Waals surface area (Å²) in [6.07, 6.45) is 1.44. The zero-order valence-electron chi connectivity index (χ0n) is 6.93. The lowest BCUT2D eigenvalue weighted by Crippen LogP contribution is -2.09. The van der Waals surface area contributed by atoms with E-state index >= 15 is 0 Å². The molecule has 0 aromatic heterocycles. The Morgan fingerprint density at radius 3 is 2.69 bits per heavy atom. The Morgan fingerprint density at radius 1 is 1.54 bits per heavy atom. The third-order valence-corrected chi connectivity index (χ3v) is 2.06. The summed E-state index contributed by atoms with van der Waals surface area (Å²) in [6.45, 7) is 3.46. The molecule has 4 N–H and O–H groups in total. The van der Waals surface area contributed by atoms with E-state index < -0.39 is 11.9 Å². The maximum Gasteiger partial charge on any atom is 0.130 e. The van der Waals surface area contributed by atoms with Crippen LogP contribution in [0.2, 0.25) is 5.02 Å². The van der Waals surface area contributed by atoms with Crippen molar-refractivity contribution in [2.24, 2.45) is 5.73 Å². The molecule has 1 atom stereocenters. The first-order chi connectivity index (χ1) is 6.06. The first kappa shape index (κ1) is 10.0. The molecule has 0 heterocycles. The Morgan fingerprint density at radius 2 is 2.15 bits per heavy atom. The molecule has 13 heavy (non-hydrogen) atoms. The van der Waals surface area contributed by atoms with E-state index in [0.29, 0.717) is 10.6 Å². The van der Waals surface area contributed by atoms with Crippen molar-refractivity contribution in [1.29, 1.82) is 0 Å². The fourth-order valence-corrected chi connectivity index (χ4v) is 1.13. The van der Waals surface area contributed by atoms with Crippen LogP contribution in [0.5, 0.6) is 0 Å². The number of rotatable bonds is 2. The number of halogens is 2. The van der Waals surface area contributed by atoms with Crippen molar-refractivity contribution in [3.63, 3.8) is 0 Å². The summed E-state index contributed by atoms with van der Waals surface area (Å²) in [6, 6.07) is 2.01. The maximum absolute atomic E-state index is 13.2. The van der Waals surface area contributed by atoms with E-state index in [1.807, 2.05) is 0 Å². The van der Waals surface area contributed by atoms with E-state index in [4.69, 9.17) is 23.1 Å². The van der Waals surface area contributed by atoms with Gasteiger partial charge in [0, 0.05) is 5.56 Å². The first-order valence-electron chi connectivity index (χ1n) is 3.68. The molecule has 0 amide bonds. The average Bonchev–Trinajstić information content (AvgIpc) is 2.10. The van der Waals surface area contributed by atoms with Crippen LogP contribution in [-0.2, 0) is 0 Å². The van der Waals surface area contributed by atoms with Crippen LogP contribution in [0.25, 0.3) is 0 Å². The molecule has 4 heteroatoms. The van der Waals surface area contributed by atoms with Gasteiger partial charge in [0.1, 0.15) is 5.82 Å². The minimum Gasteiger partial charge on any atom is -0.397 e. The molecule has 0 fully saturated rings. The minimum atomic E-state index is -0.557. The molecule has 1 aromatic carbocycles. The van der Waals surface area contributed by atoms with Crippen molar-refractivity contribution < 1.29 is 4.39 Å². The molecule has 0 aliphatic rings. The van der Waals surface area contributed by atoms with Gasteiger partial charge in [-0.15, -0.1) is 6.58 Å². The molecule has 0 bridgehead atoms. The monoisotopic (exact) mass is 200 g/mol. The zero-order chi connectivity index (χ0) is 10.0. The number of hydrogen-bond acceptors (Lipinski definition) is 2. The van der Waals surface area contributed by atoms with Crippen molar-refractivity contribution in [3.05, 3.63) is 41.2 Å². The highest BCUT2D eigenvalue weighted by Crippen LogP contribution is 2.25. The molecule has 0 aliphatic heterocycles. The third-order valence-electron chi connectivity index (χ3n) is 1.73. The van der Waals surface area contributed by atoms with Gasteiger partial charge in [0.15, 0.2) is 0 Å². The fraction of sp³-hybridized carbons (Fsp3) is 0.111. The molecule has 70 valence electrons. The second-order valence-corrected chi connectivity index (χ2v) is 3.06. The van der Waals surface area contributed by atoms with E-state index in [1.165, 1.54) is 12.1 Å². The number of benzene rings is 1. The predicted molar refractivity (Wildman–Crippen MR) is 52.9 cm³/mol. The maximum atomic E-state index is 13.2. The van der Waals surface area contributed by atoms with Crippen LogP contribution >= 0.6 is 11.6 Å². The molecule has 1 rings (SSSR count). The van der Waals surface area contributed by atoms with Crippen molar-refractivity contribution in [2.45, 2.75) is 6.04 Å². The van der Waals surface area contributed by atoms with Crippen LogP contribution in [-0.4, -0.2) is 0 Å². The smallest absolute Gasteiger partial charge is 0.130 e. The summed E-state index contributed by atoms with van der Waals surface area (Å²) in [7, 11) is 0. The van der Waals surface area contributed by atoms with Gasteiger partial charge in [0.25, 0.3) is 0 Å². The van der Waals surface area contributed by atoms with Crippen LogP contribution < -0.4 is 11.5 Å². The Bertz CT molecular complexity index is 339. The highest BCUT2D eigenvalue weighted by Gasteiger charge is 2.10. The number of anilines is 1. The molecule has 2 nitrogen and oxygen atoms in total. The van der Waals surface area contributed by atoms with Crippen molar-refractivity contribution in [1.82, 2.24) is 0 Å². The molecular weight excluding hydrogens is 191 g/mol. The van der Waals surface area contributed by atoms with Gasteiger partial charge in [-0.3, -0.25) is 0 Å². The van der Waals surface area contributed by atoms with Gasteiger partial charge in [-0.25, -0.2) is 4.39 Å². The molecule has 0 aliphatic carbocycles. The number of hydrogen-bond donors (Lipinski definition) is 2. The van der Waals surface area contributed by atoms with Crippen LogP contribution in [0.1, 0.15) is 11.6 Å². The minimum absolute atomic E-state index is 0.208. The standard InChI is InChI=1S/C9H10ClFN2/c1-2-8(12)5-3-6(10)9(13)4-7(5)11/h2-4,8H,1,12-13H2/t8-/m0/s1. The molecule has 0 saturated carbocycles. The molecule has 0 unspecified atom stereocenters. The van der Waals surface area contributed by atoms with E-state index in [-0.39, 0.29) is 5.69 Å². The van der Waals surface area contributed by atoms with Crippen LogP contribution in [0, 0.1) is 5.82 Å². The molecular formula is C9H10ClFN2. The largest absolute Gasteiger partial charge is 0.397 e. The summed E-state index contributed by atoms with van der Waals surface area (Å²) in [5, 5.41) is 0.300. The van der Waals surface area contributed by atoms with E-state index in [1.54, 1.807) is 0 Å². The lowest BCUT2D eigenvalue weighted by atomic mass is 10.1. The third kappa shape index (κ3) is 1.99.